The number of fused-ring (bicyclic) bond motifs is 1. The predicted molar refractivity (Wildman–Crippen MR) is 55.1 cm³/mol. The van der Waals surface area contributed by atoms with Crippen molar-refractivity contribution in [2.75, 3.05) is 6.26 Å². The summed E-state index contributed by atoms with van der Waals surface area (Å²) < 4.78 is 5.45. The molecule has 0 aliphatic carbocycles. The Balaban J connectivity index is 2.49. The van der Waals surface area contributed by atoms with Crippen molar-refractivity contribution in [3.8, 4) is 6.07 Å². The first-order valence-electron chi connectivity index (χ1n) is 4.14. The van der Waals surface area contributed by atoms with Gasteiger partial charge in [-0.3, -0.25) is 0 Å². The van der Waals surface area contributed by atoms with Crippen molar-refractivity contribution in [1.82, 2.24) is 4.98 Å². The third-order valence-electron chi connectivity index (χ3n) is 1.89. The number of hydrogen-bond donors (Lipinski definition) is 0. The normalized spacial score (nSPS) is 10.3. The quantitative estimate of drug-likeness (QED) is 0.705. The van der Waals surface area contributed by atoms with Crippen LogP contribution in [-0.2, 0) is 6.42 Å². The van der Waals surface area contributed by atoms with Gasteiger partial charge in [-0.2, -0.15) is 5.26 Å². The van der Waals surface area contributed by atoms with E-state index in [0.29, 0.717) is 11.6 Å². The largest absolute Gasteiger partial charge is 0.431 e. The molecule has 0 saturated heterocycles. The number of benzene rings is 1. The summed E-state index contributed by atoms with van der Waals surface area (Å²) in [6.45, 7) is 0. The van der Waals surface area contributed by atoms with Gasteiger partial charge in [0.05, 0.1) is 12.5 Å². The van der Waals surface area contributed by atoms with Crippen molar-refractivity contribution in [2.45, 2.75) is 11.6 Å². The van der Waals surface area contributed by atoms with Crippen LogP contribution in [0.15, 0.2) is 27.8 Å². The maximum Gasteiger partial charge on any atom is 0.256 e. The van der Waals surface area contributed by atoms with Crippen molar-refractivity contribution in [2.24, 2.45) is 0 Å². The van der Waals surface area contributed by atoms with E-state index in [1.165, 1.54) is 11.8 Å². The highest BCUT2D eigenvalue weighted by Crippen LogP contribution is 2.22. The summed E-state index contributed by atoms with van der Waals surface area (Å²) in [5, 5.41) is 9.20. The summed E-state index contributed by atoms with van der Waals surface area (Å²) in [6, 6.07) is 7.75. The van der Waals surface area contributed by atoms with Crippen molar-refractivity contribution in [3.05, 3.63) is 23.8 Å². The van der Waals surface area contributed by atoms with E-state index in [4.69, 9.17) is 9.68 Å². The Morgan fingerprint density at radius 2 is 2.43 bits per heavy atom. The van der Waals surface area contributed by atoms with Crippen LogP contribution in [0.2, 0.25) is 0 Å². The van der Waals surface area contributed by atoms with Crippen molar-refractivity contribution in [3.63, 3.8) is 0 Å². The number of nitriles is 1. The van der Waals surface area contributed by atoms with Gasteiger partial charge >= 0.3 is 0 Å². The number of nitrogens with zero attached hydrogens (tertiary/aromatic N) is 2. The van der Waals surface area contributed by atoms with Crippen LogP contribution in [0.3, 0.4) is 0 Å². The smallest absolute Gasteiger partial charge is 0.256 e. The second-order valence-electron chi connectivity index (χ2n) is 2.82. The zero-order valence-corrected chi connectivity index (χ0v) is 8.47. The van der Waals surface area contributed by atoms with Gasteiger partial charge in [0.15, 0.2) is 5.58 Å². The fourth-order valence-electron chi connectivity index (χ4n) is 1.24. The molecule has 2 rings (SSSR count). The molecule has 1 aromatic heterocycles. The van der Waals surface area contributed by atoms with E-state index in [1.807, 2.05) is 24.5 Å². The Morgan fingerprint density at radius 3 is 3.14 bits per heavy atom. The standard InChI is InChI=1S/C10H8N2OS/c1-14-10-12-8-3-2-7(4-5-11)6-9(8)13-10/h2-3,6H,4H2,1H3. The first-order valence-corrected chi connectivity index (χ1v) is 5.36. The van der Waals surface area contributed by atoms with E-state index < -0.39 is 0 Å². The number of rotatable bonds is 2. The molecule has 70 valence electrons. The van der Waals surface area contributed by atoms with Crippen LogP contribution in [0.5, 0.6) is 0 Å². The summed E-state index contributed by atoms with van der Waals surface area (Å²) >= 11 is 1.47. The molecule has 0 spiro atoms. The molecule has 0 N–H and O–H groups in total. The summed E-state index contributed by atoms with van der Waals surface area (Å²) in [7, 11) is 0. The summed E-state index contributed by atoms with van der Waals surface area (Å²) in [5.41, 5.74) is 2.56. The average molecular weight is 204 g/mol. The Hall–Kier alpha value is -1.47. The molecular formula is C10H8N2OS. The second kappa shape index (κ2) is 3.72. The van der Waals surface area contributed by atoms with E-state index in [0.717, 1.165) is 16.7 Å². The van der Waals surface area contributed by atoms with Gasteiger partial charge < -0.3 is 4.42 Å². The van der Waals surface area contributed by atoms with E-state index >= 15 is 0 Å². The Kier molecular flexibility index (Phi) is 2.42. The first kappa shape index (κ1) is 9.10. The Bertz CT molecular complexity index is 498. The number of oxazole rings is 1. The van der Waals surface area contributed by atoms with Gasteiger partial charge in [0.1, 0.15) is 5.52 Å². The fraction of sp³-hybridized carbons (Fsp3) is 0.200. The second-order valence-corrected chi connectivity index (χ2v) is 3.58. The van der Waals surface area contributed by atoms with Crippen LogP contribution in [0, 0.1) is 11.3 Å². The molecule has 0 atom stereocenters. The van der Waals surface area contributed by atoms with Crippen molar-refractivity contribution >= 4 is 22.9 Å². The SMILES string of the molecule is CSc1nc2ccc(CC#N)cc2o1. The molecule has 0 saturated carbocycles. The average Bonchev–Trinajstić information content (AvgIpc) is 2.60. The molecule has 14 heavy (non-hydrogen) atoms. The predicted octanol–water partition coefficient (Wildman–Crippen LogP) is 2.62. The monoisotopic (exact) mass is 204 g/mol. The van der Waals surface area contributed by atoms with Gasteiger partial charge in [0.25, 0.3) is 5.22 Å². The molecule has 4 heteroatoms. The molecule has 2 aromatic rings. The lowest BCUT2D eigenvalue weighted by atomic mass is 10.1. The zero-order chi connectivity index (χ0) is 9.97. The zero-order valence-electron chi connectivity index (χ0n) is 7.65. The third kappa shape index (κ3) is 1.59. The Labute approximate surface area is 85.7 Å². The molecule has 0 unspecified atom stereocenters. The molecular weight excluding hydrogens is 196 g/mol. The van der Waals surface area contributed by atoms with E-state index in [9.17, 15) is 0 Å². The molecule has 1 aromatic carbocycles. The molecule has 0 aliphatic heterocycles. The minimum atomic E-state index is 0.408. The molecule has 0 amide bonds. The van der Waals surface area contributed by atoms with Gasteiger partial charge in [-0.05, 0) is 24.0 Å². The number of thioether (sulfide) groups is 1. The van der Waals surface area contributed by atoms with Crippen LogP contribution in [0.4, 0.5) is 0 Å². The molecule has 1 heterocycles. The van der Waals surface area contributed by atoms with Crippen LogP contribution < -0.4 is 0 Å². The van der Waals surface area contributed by atoms with Crippen LogP contribution in [0.1, 0.15) is 5.56 Å². The highest BCUT2D eigenvalue weighted by Gasteiger charge is 2.04. The van der Waals surface area contributed by atoms with Crippen molar-refractivity contribution in [1.29, 1.82) is 5.26 Å². The van der Waals surface area contributed by atoms with E-state index in [-0.39, 0.29) is 0 Å². The topological polar surface area (TPSA) is 49.8 Å². The lowest BCUT2D eigenvalue weighted by Crippen LogP contribution is -1.79. The Morgan fingerprint density at radius 1 is 1.57 bits per heavy atom. The lowest BCUT2D eigenvalue weighted by Gasteiger charge is -1.91. The van der Waals surface area contributed by atoms with Gasteiger partial charge in [0, 0.05) is 0 Å². The summed E-state index contributed by atoms with van der Waals surface area (Å²) in [6.07, 6.45) is 2.33. The molecule has 0 bridgehead atoms. The van der Waals surface area contributed by atoms with E-state index in [2.05, 4.69) is 11.1 Å². The fourth-order valence-corrected chi connectivity index (χ4v) is 1.60. The highest BCUT2D eigenvalue weighted by molar-refractivity contribution is 7.98. The minimum Gasteiger partial charge on any atom is -0.431 e. The van der Waals surface area contributed by atoms with Gasteiger partial charge in [-0.25, -0.2) is 4.98 Å². The molecule has 0 radical (unpaired) electrons. The maximum atomic E-state index is 8.54. The molecule has 0 fully saturated rings. The third-order valence-corrected chi connectivity index (χ3v) is 2.41. The molecule has 3 nitrogen and oxygen atoms in total. The number of aromatic nitrogens is 1. The lowest BCUT2D eigenvalue weighted by molar-refractivity contribution is 0.490. The van der Waals surface area contributed by atoms with E-state index in [1.54, 1.807) is 0 Å². The first-order chi connectivity index (χ1) is 6.83. The summed E-state index contributed by atoms with van der Waals surface area (Å²) in [4.78, 5) is 4.25. The van der Waals surface area contributed by atoms with Crippen LogP contribution in [0.25, 0.3) is 11.1 Å². The minimum absolute atomic E-state index is 0.408. The molecule has 0 aliphatic rings. The van der Waals surface area contributed by atoms with Crippen LogP contribution in [-0.4, -0.2) is 11.2 Å². The maximum absolute atomic E-state index is 8.54. The van der Waals surface area contributed by atoms with Crippen molar-refractivity contribution < 1.29 is 4.42 Å². The number of hydrogen-bond acceptors (Lipinski definition) is 4. The van der Waals surface area contributed by atoms with Gasteiger partial charge in [0.2, 0.25) is 0 Å². The summed E-state index contributed by atoms with van der Waals surface area (Å²) in [5.74, 6) is 0. The van der Waals surface area contributed by atoms with Crippen LogP contribution >= 0.6 is 11.8 Å². The van der Waals surface area contributed by atoms with Gasteiger partial charge in [-0.15, -0.1) is 0 Å². The highest BCUT2D eigenvalue weighted by atomic mass is 32.2. The van der Waals surface area contributed by atoms with Gasteiger partial charge in [-0.1, -0.05) is 17.8 Å².